The number of amides is 1. The molecule has 5 heteroatoms. The van der Waals surface area contributed by atoms with Crippen LogP contribution in [-0.2, 0) is 0 Å². The monoisotopic (exact) mass is 384 g/mol. The van der Waals surface area contributed by atoms with Crippen LogP contribution >= 0.6 is 0 Å². The SMILES string of the molecule is CN(CCC(=O)c1ccccc1)C(=O)c1cccc2c(=O)c3ccccc3[nH]c12. The Balaban J connectivity index is 1.63. The number of Topliss-reactive ketones (excluding diaryl/α,β-unsaturated/α-hetero) is 1. The third-order valence-electron chi connectivity index (χ3n) is 5.09. The number of para-hydroxylation sites is 2. The van der Waals surface area contributed by atoms with Gasteiger partial charge in [-0.15, -0.1) is 0 Å². The summed E-state index contributed by atoms with van der Waals surface area (Å²) in [6.07, 6.45) is 0.233. The van der Waals surface area contributed by atoms with E-state index in [9.17, 15) is 14.4 Å². The molecule has 0 saturated heterocycles. The number of nitrogens with one attached hydrogen (secondary N) is 1. The number of H-pyrrole nitrogens is 1. The standard InChI is InChI=1S/C24H20N2O3/c1-26(15-14-21(27)16-8-3-2-4-9-16)24(29)19-12-7-11-18-22(19)25-20-13-6-5-10-17(20)23(18)28/h2-13H,14-15H2,1H3,(H,25,28). The van der Waals surface area contributed by atoms with E-state index in [-0.39, 0.29) is 23.5 Å². The highest BCUT2D eigenvalue weighted by Crippen LogP contribution is 2.19. The first-order chi connectivity index (χ1) is 14.1. The number of fused-ring (bicyclic) bond motifs is 2. The number of aromatic amines is 1. The molecule has 0 unspecified atom stereocenters. The van der Waals surface area contributed by atoms with Crippen molar-refractivity contribution in [2.75, 3.05) is 13.6 Å². The Morgan fingerprint density at radius 3 is 2.34 bits per heavy atom. The molecule has 0 aliphatic rings. The van der Waals surface area contributed by atoms with Crippen LogP contribution in [0, 0.1) is 0 Å². The number of pyridine rings is 1. The van der Waals surface area contributed by atoms with Crippen molar-refractivity contribution < 1.29 is 9.59 Å². The first-order valence-electron chi connectivity index (χ1n) is 9.44. The van der Waals surface area contributed by atoms with Crippen LogP contribution in [0.4, 0.5) is 0 Å². The van der Waals surface area contributed by atoms with Crippen molar-refractivity contribution in [3.8, 4) is 0 Å². The minimum Gasteiger partial charge on any atom is -0.354 e. The zero-order valence-electron chi connectivity index (χ0n) is 16.0. The number of nitrogens with zero attached hydrogens (tertiary/aromatic N) is 1. The predicted molar refractivity (Wildman–Crippen MR) is 114 cm³/mol. The summed E-state index contributed by atoms with van der Waals surface area (Å²) in [4.78, 5) is 42.9. The third-order valence-corrected chi connectivity index (χ3v) is 5.09. The van der Waals surface area contributed by atoms with E-state index in [1.165, 1.54) is 4.90 Å². The van der Waals surface area contributed by atoms with Crippen molar-refractivity contribution in [2.24, 2.45) is 0 Å². The summed E-state index contributed by atoms with van der Waals surface area (Å²) in [5, 5.41) is 1.06. The molecular weight excluding hydrogens is 364 g/mol. The fraction of sp³-hybridized carbons (Fsp3) is 0.125. The largest absolute Gasteiger partial charge is 0.354 e. The molecule has 1 heterocycles. The zero-order chi connectivity index (χ0) is 20.4. The molecular formula is C24H20N2O3. The van der Waals surface area contributed by atoms with E-state index in [0.29, 0.717) is 39.5 Å². The van der Waals surface area contributed by atoms with Gasteiger partial charge in [0.1, 0.15) is 0 Å². The lowest BCUT2D eigenvalue weighted by molar-refractivity contribution is 0.0785. The van der Waals surface area contributed by atoms with Gasteiger partial charge in [-0.1, -0.05) is 48.5 Å². The van der Waals surface area contributed by atoms with Crippen LogP contribution in [0.2, 0.25) is 0 Å². The summed E-state index contributed by atoms with van der Waals surface area (Å²) in [5.41, 5.74) is 2.15. The van der Waals surface area contributed by atoms with Crippen molar-refractivity contribution in [3.05, 3.63) is 94.1 Å². The molecule has 4 rings (SSSR count). The summed E-state index contributed by atoms with van der Waals surface area (Å²) in [7, 11) is 1.67. The highest BCUT2D eigenvalue weighted by Gasteiger charge is 2.18. The number of hydrogen-bond donors (Lipinski definition) is 1. The molecule has 0 saturated carbocycles. The molecule has 144 valence electrons. The van der Waals surface area contributed by atoms with Gasteiger partial charge in [-0.05, 0) is 24.3 Å². The molecule has 0 spiro atoms. The maximum atomic E-state index is 13.0. The quantitative estimate of drug-likeness (QED) is 0.417. The van der Waals surface area contributed by atoms with Crippen LogP contribution in [0.3, 0.4) is 0 Å². The zero-order valence-corrected chi connectivity index (χ0v) is 16.0. The molecule has 0 aliphatic heterocycles. The summed E-state index contributed by atoms with van der Waals surface area (Å²) < 4.78 is 0. The van der Waals surface area contributed by atoms with Gasteiger partial charge >= 0.3 is 0 Å². The molecule has 29 heavy (non-hydrogen) atoms. The van der Waals surface area contributed by atoms with E-state index in [0.717, 1.165) is 0 Å². The van der Waals surface area contributed by atoms with Crippen molar-refractivity contribution in [3.63, 3.8) is 0 Å². The average Bonchev–Trinajstić information content (AvgIpc) is 2.77. The van der Waals surface area contributed by atoms with Gasteiger partial charge in [0.05, 0.1) is 11.1 Å². The Kier molecular flexibility index (Phi) is 4.96. The summed E-state index contributed by atoms with van der Waals surface area (Å²) in [6.45, 7) is 0.292. The topological polar surface area (TPSA) is 70.2 Å². The van der Waals surface area contributed by atoms with E-state index in [1.54, 1.807) is 43.4 Å². The van der Waals surface area contributed by atoms with E-state index in [2.05, 4.69) is 4.98 Å². The molecule has 3 aromatic carbocycles. The first kappa shape index (κ1) is 18.6. The first-order valence-corrected chi connectivity index (χ1v) is 9.44. The summed E-state index contributed by atoms with van der Waals surface area (Å²) >= 11 is 0. The van der Waals surface area contributed by atoms with Crippen LogP contribution in [0.15, 0.2) is 77.6 Å². The van der Waals surface area contributed by atoms with Gasteiger partial charge in [-0.3, -0.25) is 14.4 Å². The van der Waals surface area contributed by atoms with Gasteiger partial charge in [0.15, 0.2) is 11.2 Å². The number of carbonyl (C=O) groups excluding carboxylic acids is 2. The van der Waals surface area contributed by atoms with Gasteiger partial charge < -0.3 is 9.88 Å². The highest BCUT2D eigenvalue weighted by atomic mass is 16.2. The fourth-order valence-electron chi connectivity index (χ4n) is 3.47. The Labute approximate surface area is 167 Å². The number of benzene rings is 3. The highest BCUT2D eigenvalue weighted by molar-refractivity contribution is 6.07. The molecule has 1 aromatic heterocycles. The minimum absolute atomic E-state index is 0.0115. The van der Waals surface area contributed by atoms with Crippen molar-refractivity contribution in [2.45, 2.75) is 6.42 Å². The second-order valence-electron chi connectivity index (χ2n) is 6.99. The second-order valence-corrected chi connectivity index (χ2v) is 6.99. The molecule has 4 aromatic rings. The molecule has 0 fully saturated rings. The smallest absolute Gasteiger partial charge is 0.255 e. The Morgan fingerprint density at radius 1 is 0.862 bits per heavy atom. The lowest BCUT2D eigenvalue weighted by Gasteiger charge is -2.18. The molecule has 1 N–H and O–H groups in total. The number of hydrogen-bond acceptors (Lipinski definition) is 3. The molecule has 0 radical (unpaired) electrons. The molecule has 0 aliphatic carbocycles. The maximum absolute atomic E-state index is 13.0. The molecule has 0 atom stereocenters. The predicted octanol–water partition coefficient (Wildman–Crippen LogP) is 4.03. The number of rotatable bonds is 5. The van der Waals surface area contributed by atoms with Crippen molar-refractivity contribution >= 4 is 33.5 Å². The Bertz CT molecular complexity index is 1280. The molecule has 5 nitrogen and oxygen atoms in total. The maximum Gasteiger partial charge on any atom is 0.255 e. The fourth-order valence-corrected chi connectivity index (χ4v) is 3.47. The normalized spacial score (nSPS) is 10.9. The lowest BCUT2D eigenvalue weighted by atomic mass is 10.0. The van der Waals surface area contributed by atoms with Gasteiger partial charge in [-0.2, -0.15) is 0 Å². The van der Waals surface area contributed by atoms with Gasteiger partial charge in [0, 0.05) is 41.9 Å². The number of aromatic nitrogens is 1. The lowest BCUT2D eigenvalue weighted by Crippen LogP contribution is -2.29. The second kappa shape index (κ2) is 7.72. The average molecular weight is 384 g/mol. The third kappa shape index (κ3) is 3.55. The minimum atomic E-state index is -0.234. The van der Waals surface area contributed by atoms with Crippen molar-refractivity contribution in [1.82, 2.24) is 9.88 Å². The summed E-state index contributed by atoms with van der Waals surface area (Å²) in [5.74, 6) is -0.245. The molecule has 0 bridgehead atoms. The van der Waals surface area contributed by atoms with Crippen LogP contribution in [0.25, 0.3) is 21.8 Å². The summed E-state index contributed by atoms with van der Waals surface area (Å²) in [6, 6.07) is 21.4. The van der Waals surface area contributed by atoms with E-state index < -0.39 is 0 Å². The van der Waals surface area contributed by atoms with Crippen molar-refractivity contribution in [1.29, 1.82) is 0 Å². The van der Waals surface area contributed by atoms with Gasteiger partial charge in [0.2, 0.25) is 0 Å². The number of carbonyl (C=O) groups is 2. The Hall–Kier alpha value is -3.73. The van der Waals surface area contributed by atoms with Crippen LogP contribution in [-0.4, -0.2) is 35.2 Å². The van der Waals surface area contributed by atoms with Gasteiger partial charge in [-0.25, -0.2) is 0 Å². The molecule has 1 amide bonds. The van der Waals surface area contributed by atoms with E-state index in [4.69, 9.17) is 0 Å². The van der Waals surface area contributed by atoms with Crippen LogP contribution < -0.4 is 5.43 Å². The Morgan fingerprint density at radius 2 is 1.55 bits per heavy atom. The van der Waals surface area contributed by atoms with Crippen LogP contribution in [0.5, 0.6) is 0 Å². The van der Waals surface area contributed by atoms with Gasteiger partial charge in [0.25, 0.3) is 5.91 Å². The van der Waals surface area contributed by atoms with E-state index in [1.807, 2.05) is 36.4 Å². The number of ketones is 1. The van der Waals surface area contributed by atoms with E-state index >= 15 is 0 Å². The van der Waals surface area contributed by atoms with Crippen LogP contribution in [0.1, 0.15) is 27.1 Å².